The summed E-state index contributed by atoms with van der Waals surface area (Å²) in [6.07, 6.45) is -1.36. The number of benzene rings is 1. The summed E-state index contributed by atoms with van der Waals surface area (Å²) in [5.74, 6) is -2.03. The number of carbonyl (C=O) groups excluding carboxylic acids is 2. The van der Waals surface area contributed by atoms with Crippen LogP contribution in [0.2, 0.25) is 0 Å². The molecule has 182 valence electrons. The van der Waals surface area contributed by atoms with Gasteiger partial charge in [0.25, 0.3) is 5.89 Å². The predicted molar refractivity (Wildman–Crippen MR) is 119 cm³/mol. The van der Waals surface area contributed by atoms with Crippen molar-refractivity contribution in [3.05, 3.63) is 47.2 Å². The zero-order chi connectivity index (χ0) is 25.0. The molecule has 3 aromatic rings. The number of carbonyl (C=O) groups is 3. The number of fused-ring (bicyclic) bond motifs is 1. The van der Waals surface area contributed by atoms with Gasteiger partial charge in [0.15, 0.2) is 15.4 Å². The first kappa shape index (κ1) is 24.9. The van der Waals surface area contributed by atoms with Crippen molar-refractivity contribution in [2.45, 2.75) is 32.9 Å². The minimum absolute atomic E-state index is 0.119. The molecule has 34 heavy (non-hydrogen) atoms. The lowest BCUT2D eigenvalue weighted by Gasteiger charge is -2.25. The van der Waals surface area contributed by atoms with Crippen LogP contribution in [0.3, 0.4) is 0 Å². The fraction of sp³-hybridized carbons (Fsp3) is 0.381. The Morgan fingerprint density at radius 2 is 1.79 bits per heavy atom. The van der Waals surface area contributed by atoms with E-state index in [0.717, 1.165) is 0 Å². The van der Waals surface area contributed by atoms with Crippen LogP contribution in [0.4, 0.5) is 9.59 Å². The molecule has 4 amide bonds. The van der Waals surface area contributed by atoms with E-state index in [1.54, 1.807) is 45.0 Å². The van der Waals surface area contributed by atoms with E-state index < -0.39 is 45.9 Å². The van der Waals surface area contributed by atoms with E-state index >= 15 is 0 Å². The number of nitrogens with zero attached hydrogens (tertiary/aromatic N) is 4. The van der Waals surface area contributed by atoms with E-state index in [2.05, 4.69) is 10.1 Å². The molecule has 2 heterocycles. The zero-order valence-corrected chi connectivity index (χ0v) is 19.7. The Kier molecular flexibility index (Phi) is 7.35. The SMILES string of the molecule is CCCN(C(=O)c1nc2ccccc2o1)C(=O)N(CCS(=O)(=O)Cc1c(C)noc1C)C(=O)O. The molecule has 0 aliphatic carbocycles. The number of carboxylic acid groups (broad SMARTS) is 1. The quantitative estimate of drug-likeness (QED) is 0.494. The maximum atomic E-state index is 13.0. The maximum Gasteiger partial charge on any atom is 0.415 e. The van der Waals surface area contributed by atoms with Crippen molar-refractivity contribution < 1.29 is 36.8 Å². The van der Waals surface area contributed by atoms with Crippen LogP contribution in [0, 0.1) is 13.8 Å². The smallest absolute Gasteiger partial charge is 0.415 e. The van der Waals surface area contributed by atoms with Crippen LogP contribution >= 0.6 is 0 Å². The van der Waals surface area contributed by atoms with E-state index in [-0.39, 0.29) is 12.4 Å². The number of aryl methyl sites for hydroxylation is 2. The number of amides is 4. The van der Waals surface area contributed by atoms with Crippen molar-refractivity contribution in [2.75, 3.05) is 18.8 Å². The fourth-order valence-electron chi connectivity index (χ4n) is 3.24. The third-order valence-electron chi connectivity index (χ3n) is 5.03. The molecule has 0 saturated heterocycles. The van der Waals surface area contributed by atoms with Crippen molar-refractivity contribution in [1.29, 1.82) is 0 Å². The molecule has 0 aliphatic heterocycles. The summed E-state index contributed by atoms with van der Waals surface area (Å²) in [5.41, 5.74) is 1.52. The van der Waals surface area contributed by atoms with Gasteiger partial charge in [-0.2, -0.15) is 0 Å². The number of hydrogen-bond donors (Lipinski definition) is 1. The summed E-state index contributed by atoms with van der Waals surface area (Å²) >= 11 is 0. The number of hydrogen-bond acceptors (Lipinski definition) is 9. The standard InChI is InChI=1S/C21H24N4O8S/c1-4-9-24(19(26)18-22-16-7-5-6-8-17(16)32-18)20(27)25(21(28)29)10-11-34(30,31)12-15-13(2)23-33-14(15)3/h5-8H,4,9-12H2,1-3H3,(H,28,29). The third kappa shape index (κ3) is 5.42. The second kappa shape index (κ2) is 10.0. The number of oxazole rings is 1. The highest BCUT2D eigenvalue weighted by atomic mass is 32.2. The Morgan fingerprint density at radius 3 is 2.38 bits per heavy atom. The van der Waals surface area contributed by atoms with Crippen LogP contribution in [-0.4, -0.2) is 70.3 Å². The summed E-state index contributed by atoms with van der Waals surface area (Å²) in [6, 6.07) is 5.41. The summed E-state index contributed by atoms with van der Waals surface area (Å²) in [6.45, 7) is 4.07. The Bertz CT molecular complexity index is 1270. The number of rotatable bonds is 8. The van der Waals surface area contributed by atoms with Gasteiger partial charge in [-0.3, -0.25) is 9.69 Å². The van der Waals surface area contributed by atoms with Gasteiger partial charge in [0, 0.05) is 18.7 Å². The van der Waals surface area contributed by atoms with E-state index in [1.165, 1.54) is 0 Å². The highest BCUT2D eigenvalue weighted by Gasteiger charge is 2.34. The molecule has 0 aliphatic rings. The number of imide groups is 2. The average Bonchev–Trinajstić information content (AvgIpc) is 3.35. The Morgan fingerprint density at radius 1 is 1.09 bits per heavy atom. The van der Waals surface area contributed by atoms with Gasteiger partial charge in [-0.15, -0.1) is 0 Å². The summed E-state index contributed by atoms with van der Waals surface area (Å²) in [5, 5.41) is 13.3. The number of urea groups is 1. The fourth-order valence-corrected chi connectivity index (χ4v) is 4.69. The number of aromatic nitrogens is 2. The summed E-state index contributed by atoms with van der Waals surface area (Å²) in [7, 11) is -3.83. The van der Waals surface area contributed by atoms with Crippen LogP contribution in [0.1, 0.15) is 41.0 Å². The highest BCUT2D eigenvalue weighted by molar-refractivity contribution is 7.90. The predicted octanol–water partition coefficient (Wildman–Crippen LogP) is 3.00. The summed E-state index contributed by atoms with van der Waals surface area (Å²) in [4.78, 5) is 42.8. The molecule has 1 aromatic carbocycles. The molecular weight excluding hydrogens is 468 g/mol. The lowest BCUT2D eigenvalue weighted by Crippen LogP contribution is -2.50. The van der Waals surface area contributed by atoms with Crippen molar-refractivity contribution in [2.24, 2.45) is 0 Å². The van der Waals surface area contributed by atoms with Gasteiger partial charge in [0.1, 0.15) is 11.3 Å². The first-order chi connectivity index (χ1) is 16.0. The number of para-hydroxylation sites is 2. The van der Waals surface area contributed by atoms with E-state index in [4.69, 9.17) is 8.94 Å². The normalized spacial score (nSPS) is 11.5. The van der Waals surface area contributed by atoms with Gasteiger partial charge >= 0.3 is 18.0 Å². The molecule has 13 heteroatoms. The minimum Gasteiger partial charge on any atom is -0.465 e. The first-order valence-electron chi connectivity index (χ1n) is 10.4. The Labute approximate surface area is 195 Å². The zero-order valence-electron chi connectivity index (χ0n) is 18.8. The monoisotopic (exact) mass is 492 g/mol. The molecule has 0 unspecified atom stereocenters. The van der Waals surface area contributed by atoms with E-state index in [0.29, 0.717) is 44.3 Å². The molecule has 2 aromatic heterocycles. The van der Waals surface area contributed by atoms with Crippen LogP contribution in [0.25, 0.3) is 11.1 Å². The molecule has 0 radical (unpaired) electrons. The molecule has 3 rings (SSSR count). The van der Waals surface area contributed by atoms with E-state index in [1.807, 2.05) is 0 Å². The molecule has 0 atom stereocenters. The highest BCUT2D eigenvalue weighted by Crippen LogP contribution is 2.18. The van der Waals surface area contributed by atoms with Crippen molar-refractivity contribution >= 4 is 39.0 Å². The lowest BCUT2D eigenvalue weighted by atomic mass is 10.2. The molecule has 12 nitrogen and oxygen atoms in total. The number of sulfone groups is 1. The Balaban J connectivity index is 1.79. The van der Waals surface area contributed by atoms with Crippen LogP contribution in [0.5, 0.6) is 0 Å². The molecule has 1 N–H and O–H groups in total. The van der Waals surface area contributed by atoms with Gasteiger partial charge in [-0.25, -0.2) is 27.9 Å². The average molecular weight is 493 g/mol. The van der Waals surface area contributed by atoms with Gasteiger partial charge in [-0.05, 0) is 32.4 Å². The first-order valence-corrected chi connectivity index (χ1v) is 12.2. The van der Waals surface area contributed by atoms with Crippen molar-refractivity contribution in [3.8, 4) is 0 Å². The van der Waals surface area contributed by atoms with Crippen LogP contribution < -0.4 is 0 Å². The van der Waals surface area contributed by atoms with Crippen LogP contribution in [0.15, 0.2) is 33.2 Å². The second-order valence-electron chi connectivity index (χ2n) is 7.56. The maximum absolute atomic E-state index is 13.0. The lowest BCUT2D eigenvalue weighted by molar-refractivity contribution is 0.0724. The largest absolute Gasteiger partial charge is 0.465 e. The van der Waals surface area contributed by atoms with Gasteiger partial charge in [-0.1, -0.05) is 24.2 Å². The summed E-state index contributed by atoms with van der Waals surface area (Å²) < 4.78 is 35.6. The third-order valence-corrected chi connectivity index (χ3v) is 6.57. The molecule has 0 fully saturated rings. The second-order valence-corrected chi connectivity index (χ2v) is 9.74. The van der Waals surface area contributed by atoms with E-state index in [9.17, 15) is 27.9 Å². The minimum atomic E-state index is -3.83. The van der Waals surface area contributed by atoms with Gasteiger partial charge in [0.05, 0.1) is 17.2 Å². The van der Waals surface area contributed by atoms with Crippen LogP contribution in [-0.2, 0) is 15.6 Å². The molecular formula is C21H24N4O8S. The van der Waals surface area contributed by atoms with Crippen molar-refractivity contribution in [1.82, 2.24) is 19.9 Å². The van der Waals surface area contributed by atoms with Gasteiger partial charge in [0.2, 0.25) is 0 Å². The molecule has 0 spiro atoms. The topological polar surface area (TPSA) is 164 Å². The van der Waals surface area contributed by atoms with Crippen molar-refractivity contribution in [3.63, 3.8) is 0 Å². The van der Waals surface area contributed by atoms with Gasteiger partial charge < -0.3 is 14.0 Å². The molecule has 0 saturated carbocycles. The Hall–Kier alpha value is -3.74. The molecule has 0 bridgehead atoms.